The molecule has 1 amide bonds. The molecule has 0 fully saturated rings. The lowest BCUT2D eigenvalue weighted by atomic mass is 10.3. The van der Waals surface area contributed by atoms with Crippen LogP contribution < -0.4 is 5.73 Å². The van der Waals surface area contributed by atoms with E-state index in [2.05, 4.69) is 4.74 Å². The maximum atomic E-state index is 10.2. The van der Waals surface area contributed by atoms with Crippen molar-refractivity contribution >= 4 is 6.09 Å². The lowest BCUT2D eigenvalue weighted by Gasteiger charge is -2.10. The third kappa shape index (κ3) is 3.21. The minimum atomic E-state index is -0.774. The molecule has 1 aliphatic heterocycles. The molecule has 0 spiro atoms. The van der Waals surface area contributed by atoms with E-state index in [1.54, 1.807) is 0 Å². The fourth-order valence-electron chi connectivity index (χ4n) is 0.825. The molecule has 0 aromatic carbocycles. The van der Waals surface area contributed by atoms with Crippen LogP contribution in [-0.4, -0.2) is 25.4 Å². The normalized spacial score (nSPS) is 21.8. The van der Waals surface area contributed by atoms with Crippen LogP contribution in [0, 0.1) is 0 Å². The summed E-state index contributed by atoms with van der Waals surface area (Å²) in [4.78, 5) is 10.2. The molecule has 0 bridgehead atoms. The second-order valence-electron chi connectivity index (χ2n) is 2.31. The Morgan fingerprint density at radius 3 is 3.25 bits per heavy atom. The molecule has 4 heteroatoms. The van der Waals surface area contributed by atoms with Gasteiger partial charge in [0.25, 0.3) is 0 Å². The van der Waals surface area contributed by atoms with Gasteiger partial charge in [0, 0.05) is 0 Å². The van der Waals surface area contributed by atoms with Gasteiger partial charge in [-0.05, 0) is 0 Å². The van der Waals surface area contributed by atoms with Gasteiger partial charge < -0.3 is 15.2 Å². The van der Waals surface area contributed by atoms with Gasteiger partial charge >= 0.3 is 6.09 Å². The number of primary amides is 1. The molecular formula is C8H11NO3. The Labute approximate surface area is 70.6 Å². The van der Waals surface area contributed by atoms with Crippen LogP contribution in [-0.2, 0) is 9.47 Å². The average molecular weight is 169 g/mol. The summed E-state index contributed by atoms with van der Waals surface area (Å²) in [6, 6.07) is 0. The number of hydrogen-bond acceptors (Lipinski definition) is 3. The van der Waals surface area contributed by atoms with Gasteiger partial charge in [-0.1, -0.05) is 24.3 Å². The van der Waals surface area contributed by atoms with Crippen molar-refractivity contribution in [2.45, 2.75) is 6.10 Å². The zero-order valence-corrected chi connectivity index (χ0v) is 6.60. The van der Waals surface area contributed by atoms with E-state index < -0.39 is 6.09 Å². The minimum absolute atomic E-state index is 0.174. The summed E-state index contributed by atoms with van der Waals surface area (Å²) in [5.74, 6) is 0. The monoisotopic (exact) mass is 169 g/mol. The first kappa shape index (κ1) is 8.80. The van der Waals surface area contributed by atoms with Crippen LogP contribution in [0.5, 0.6) is 0 Å². The minimum Gasteiger partial charge on any atom is -0.447 e. The van der Waals surface area contributed by atoms with E-state index in [0.717, 1.165) is 0 Å². The van der Waals surface area contributed by atoms with Crippen LogP contribution in [0.25, 0.3) is 0 Å². The van der Waals surface area contributed by atoms with E-state index in [-0.39, 0.29) is 12.7 Å². The van der Waals surface area contributed by atoms with Crippen molar-refractivity contribution in [1.82, 2.24) is 0 Å². The topological polar surface area (TPSA) is 61.6 Å². The Kier molecular flexibility index (Phi) is 3.35. The van der Waals surface area contributed by atoms with Gasteiger partial charge in [0.15, 0.2) is 0 Å². The average Bonchev–Trinajstić information content (AvgIpc) is 2.28. The van der Waals surface area contributed by atoms with Gasteiger partial charge in [0.2, 0.25) is 0 Å². The fourth-order valence-corrected chi connectivity index (χ4v) is 0.825. The van der Waals surface area contributed by atoms with E-state index in [4.69, 9.17) is 10.5 Å². The van der Waals surface area contributed by atoms with Crippen molar-refractivity contribution in [2.24, 2.45) is 5.73 Å². The molecule has 0 aromatic rings. The van der Waals surface area contributed by atoms with Crippen molar-refractivity contribution in [3.05, 3.63) is 24.3 Å². The molecule has 66 valence electrons. The van der Waals surface area contributed by atoms with Crippen LogP contribution in [0.4, 0.5) is 4.79 Å². The van der Waals surface area contributed by atoms with Gasteiger partial charge in [0.1, 0.15) is 12.7 Å². The van der Waals surface area contributed by atoms with Crippen molar-refractivity contribution in [1.29, 1.82) is 0 Å². The molecule has 12 heavy (non-hydrogen) atoms. The lowest BCUT2D eigenvalue weighted by molar-refractivity contribution is 0.0490. The SMILES string of the molecule is NC(=O)OC[C@@H]1C=CC=CCO1. The van der Waals surface area contributed by atoms with Crippen molar-refractivity contribution in [3.8, 4) is 0 Å². The lowest BCUT2D eigenvalue weighted by Crippen LogP contribution is -2.22. The van der Waals surface area contributed by atoms with E-state index in [1.165, 1.54) is 0 Å². The zero-order chi connectivity index (χ0) is 8.81. The standard InChI is InChI=1S/C8H11NO3/c9-8(10)12-6-7-4-2-1-3-5-11-7/h1-4,7H,5-6H2,(H2,9,10)/t7-/m0/s1. The second-order valence-corrected chi connectivity index (χ2v) is 2.31. The maximum absolute atomic E-state index is 10.2. The predicted octanol–water partition coefficient (Wildman–Crippen LogP) is 0.593. The summed E-state index contributed by atoms with van der Waals surface area (Å²) >= 11 is 0. The van der Waals surface area contributed by atoms with E-state index in [1.807, 2.05) is 24.3 Å². The first-order valence-electron chi connectivity index (χ1n) is 3.66. The summed E-state index contributed by atoms with van der Waals surface area (Å²) in [7, 11) is 0. The van der Waals surface area contributed by atoms with Gasteiger partial charge in [-0.2, -0.15) is 0 Å². The Morgan fingerprint density at radius 2 is 2.50 bits per heavy atom. The zero-order valence-electron chi connectivity index (χ0n) is 6.60. The smallest absolute Gasteiger partial charge is 0.404 e. The van der Waals surface area contributed by atoms with Crippen LogP contribution in [0.15, 0.2) is 24.3 Å². The highest BCUT2D eigenvalue weighted by molar-refractivity contribution is 5.64. The van der Waals surface area contributed by atoms with E-state index in [0.29, 0.717) is 6.61 Å². The maximum Gasteiger partial charge on any atom is 0.404 e. The fraction of sp³-hybridized carbons (Fsp3) is 0.375. The molecule has 1 heterocycles. The molecule has 1 aliphatic rings. The Bertz CT molecular complexity index is 210. The van der Waals surface area contributed by atoms with Crippen LogP contribution >= 0.6 is 0 Å². The number of carbonyl (C=O) groups excluding carboxylic acids is 1. The van der Waals surface area contributed by atoms with Gasteiger partial charge in [-0.25, -0.2) is 4.79 Å². The summed E-state index contributed by atoms with van der Waals surface area (Å²) in [5, 5.41) is 0. The van der Waals surface area contributed by atoms with E-state index >= 15 is 0 Å². The number of ether oxygens (including phenoxy) is 2. The third-order valence-corrected chi connectivity index (χ3v) is 1.37. The van der Waals surface area contributed by atoms with Crippen LogP contribution in [0.3, 0.4) is 0 Å². The third-order valence-electron chi connectivity index (χ3n) is 1.37. The Hall–Kier alpha value is -1.29. The summed E-state index contributed by atoms with van der Waals surface area (Å²) in [6.45, 7) is 0.702. The molecule has 0 aliphatic carbocycles. The summed E-state index contributed by atoms with van der Waals surface area (Å²) < 4.78 is 9.82. The largest absolute Gasteiger partial charge is 0.447 e. The van der Waals surface area contributed by atoms with Gasteiger partial charge in [0.05, 0.1) is 6.61 Å². The van der Waals surface area contributed by atoms with Crippen molar-refractivity contribution in [2.75, 3.05) is 13.2 Å². The first-order chi connectivity index (χ1) is 5.79. The molecule has 4 nitrogen and oxygen atoms in total. The number of amides is 1. The summed E-state index contributed by atoms with van der Waals surface area (Å²) in [6.07, 6.45) is 6.45. The quantitative estimate of drug-likeness (QED) is 0.658. The molecular weight excluding hydrogens is 158 g/mol. The molecule has 0 saturated heterocycles. The number of rotatable bonds is 2. The second kappa shape index (κ2) is 4.56. The van der Waals surface area contributed by atoms with E-state index in [9.17, 15) is 4.79 Å². The Balaban J connectivity index is 2.28. The van der Waals surface area contributed by atoms with Crippen molar-refractivity contribution < 1.29 is 14.3 Å². The number of carbonyl (C=O) groups is 1. The highest BCUT2D eigenvalue weighted by Crippen LogP contribution is 2.00. The van der Waals surface area contributed by atoms with Crippen LogP contribution in [0.2, 0.25) is 0 Å². The molecule has 2 N–H and O–H groups in total. The van der Waals surface area contributed by atoms with Gasteiger partial charge in [-0.15, -0.1) is 0 Å². The van der Waals surface area contributed by atoms with Crippen molar-refractivity contribution in [3.63, 3.8) is 0 Å². The number of allylic oxidation sites excluding steroid dienone is 2. The molecule has 0 radical (unpaired) electrons. The number of hydrogen-bond donors (Lipinski definition) is 1. The van der Waals surface area contributed by atoms with Gasteiger partial charge in [-0.3, -0.25) is 0 Å². The molecule has 0 saturated carbocycles. The molecule has 0 unspecified atom stereocenters. The first-order valence-corrected chi connectivity index (χ1v) is 3.66. The molecule has 1 atom stereocenters. The van der Waals surface area contributed by atoms with Crippen LogP contribution in [0.1, 0.15) is 0 Å². The summed E-state index contributed by atoms with van der Waals surface area (Å²) in [5.41, 5.74) is 4.79. The molecule has 0 aromatic heterocycles. The Morgan fingerprint density at radius 1 is 1.67 bits per heavy atom. The highest BCUT2D eigenvalue weighted by Gasteiger charge is 2.07. The highest BCUT2D eigenvalue weighted by atomic mass is 16.6. The predicted molar refractivity (Wildman–Crippen MR) is 43.6 cm³/mol. The number of nitrogens with two attached hydrogens (primary N) is 1. The molecule has 1 rings (SSSR count).